The number of methoxy groups -OCH3 is 2. The van der Waals surface area contributed by atoms with Gasteiger partial charge in [0, 0.05) is 30.8 Å². The van der Waals surface area contributed by atoms with Gasteiger partial charge in [-0.2, -0.15) is 0 Å². The van der Waals surface area contributed by atoms with E-state index in [2.05, 4.69) is 14.7 Å². The number of nitrogens with two attached hydrogens (primary N) is 2. The molecule has 0 bridgehead atoms. The monoisotopic (exact) mass is 743 g/mol. The summed E-state index contributed by atoms with van der Waals surface area (Å²) in [4.78, 5) is 26.1. The first kappa shape index (κ1) is 29.3. The van der Waals surface area contributed by atoms with Crippen molar-refractivity contribution in [3.63, 3.8) is 0 Å². The molecule has 0 unspecified atom stereocenters. The number of benzene rings is 2. The molecule has 0 spiro atoms. The zero-order valence-electron chi connectivity index (χ0n) is 21.4. The first-order valence-corrected chi connectivity index (χ1v) is 15.1. The Morgan fingerprint density at radius 1 is 1.13 bits per heavy atom. The topological polar surface area (TPSA) is 165 Å². The van der Waals surface area contributed by atoms with Crippen molar-refractivity contribution in [2.24, 2.45) is 23.3 Å². The number of fused-ring (bicyclic) bond motifs is 3. The molecule has 11 nitrogen and oxygen atoms in total. The molecular weight excluding hydrogens is 713 g/mol. The summed E-state index contributed by atoms with van der Waals surface area (Å²) < 4.78 is 27.6. The van der Waals surface area contributed by atoms with Gasteiger partial charge in [0.15, 0.2) is 23.0 Å². The molecule has 1 aliphatic carbocycles. The van der Waals surface area contributed by atoms with Gasteiger partial charge in [-0.15, -0.1) is 0 Å². The second-order valence-electron chi connectivity index (χ2n) is 9.49. The van der Waals surface area contributed by atoms with Gasteiger partial charge >= 0.3 is 34.2 Å². The van der Waals surface area contributed by atoms with E-state index in [0.717, 1.165) is 11.1 Å². The fraction of sp³-hybridized carbons (Fsp3) is 0.462. The first-order chi connectivity index (χ1) is 18.9. The van der Waals surface area contributed by atoms with E-state index in [1.54, 1.807) is 30.9 Å². The number of carbonyl (C=O) groups excluding carboxylic acids is 2. The fourth-order valence-corrected chi connectivity index (χ4v) is 5.52. The van der Waals surface area contributed by atoms with Crippen LogP contribution in [0.5, 0.6) is 28.7 Å². The summed E-state index contributed by atoms with van der Waals surface area (Å²) in [5.74, 6) is -0.592. The third-order valence-electron chi connectivity index (χ3n) is 7.41. The van der Waals surface area contributed by atoms with Crippen LogP contribution in [0.25, 0.3) is 0 Å². The summed E-state index contributed by atoms with van der Waals surface area (Å²) in [5, 5.41) is 13.6. The molecule has 5 rings (SSSR count). The second kappa shape index (κ2) is 12.6. The molecule has 0 saturated carbocycles. The molecule has 2 aromatic rings. The van der Waals surface area contributed by atoms with E-state index >= 15 is 0 Å². The molecule has 0 aromatic heterocycles. The number of halogens is 1. The van der Waals surface area contributed by atoms with Crippen molar-refractivity contribution in [2.75, 3.05) is 34.2 Å². The summed E-state index contributed by atoms with van der Waals surface area (Å²) in [7, 11) is 7.50. The Morgan fingerprint density at radius 3 is 2.33 bits per heavy atom. The van der Waals surface area contributed by atoms with Crippen LogP contribution in [-0.2, 0) is 33.1 Å². The number of phenols is 1. The van der Waals surface area contributed by atoms with E-state index < -0.39 is 17.9 Å². The summed E-state index contributed by atoms with van der Waals surface area (Å²) in [6, 6.07) is 6.30. The molecule has 2 heterocycles. The predicted molar refractivity (Wildman–Crippen MR) is 137 cm³/mol. The quantitative estimate of drug-likeness (QED) is 0.294. The normalized spacial score (nSPS) is 23.0. The van der Waals surface area contributed by atoms with Crippen molar-refractivity contribution >= 4 is 21.3 Å². The van der Waals surface area contributed by atoms with Crippen molar-refractivity contribution in [1.29, 1.82) is 0 Å². The third kappa shape index (κ3) is 5.63. The van der Waals surface area contributed by atoms with Crippen LogP contribution in [0.15, 0.2) is 24.3 Å². The zero-order chi connectivity index (χ0) is 28.3. The van der Waals surface area contributed by atoms with Gasteiger partial charge in [0.25, 0.3) is 0 Å². The molecule has 13 heteroatoms. The van der Waals surface area contributed by atoms with Crippen LogP contribution in [0.4, 0.5) is 0 Å². The SMILES string of the molecule is COc1cc([C@@H]2c3cc4c(cc3[C@@H](NC(=O)CC[C@@H](N)CN)[C@H]3COC(=O)[C@@H]23)OCO4)cc(OC)c1O.[Cl][Pt]. The number of nitrogens with one attached hydrogen (secondary N) is 1. The van der Waals surface area contributed by atoms with Crippen molar-refractivity contribution in [2.45, 2.75) is 30.8 Å². The van der Waals surface area contributed by atoms with Crippen LogP contribution in [0.2, 0.25) is 0 Å². The van der Waals surface area contributed by atoms with Crippen molar-refractivity contribution < 1.29 is 57.2 Å². The molecule has 6 N–H and O–H groups in total. The number of amides is 1. The van der Waals surface area contributed by atoms with Gasteiger partial charge in [-0.1, -0.05) is 0 Å². The Labute approximate surface area is 241 Å². The Kier molecular flexibility index (Phi) is 9.48. The van der Waals surface area contributed by atoms with Gasteiger partial charge in [-0.05, 0) is 47.4 Å². The molecule has 1 fully saturated rings. The number of esters is 1. The summed E-state index contributed by atoms with van der Waals surface area (Å²) in [5.41, 5.74) is 13.8. The number of carbonyl (C=O) groups is 2. The van der Waals surface area contributed by atoms with Gasteiger partial charge in [-0.25, -0.2) is 0 Å². The van der Waals surface area contributed by atoms with E-state index in [1.807, 2.05) is 12.1 Å². The Bertz CT molecular complexity index is 1210. The number of cyclic esters (lactones) is 1. The molecule has 215 valence electrons. The van der Waals surface area contributed by atoms with E-state index in [0.29, 0.717) is 23.5 Å². The third-order valence-corrected chi connectivity index (χ3v) is 7.41. The van der Waals surface area contributed by atoms with E-state index in [4.69, 9.17) is 35.2 Å². The summed E-state index contributed by atoms with van der Waals surface area (Å²) in [6.07, 6.45) is 0.652. The Hall–Kier alpha value is -2.72. The molecule has 39 heavy (non-hydrogen) atoms. The van der Waals surface area contributed by atoms with Crippen molar-refractivity contribution in [3.8, 4) is 28.7 Å². The van der Waals surface area contributed by atoms with Gasteiger partial charge in [0.05, 0.1) is 32.8 Å². The number of phenolic OH excluding ortho intramolecular Hbond substituents is 1. The van der Waals surface area contributed by atoms with E-state index in [9.17, 15) is 14.7 Å². The Balaban J connectivity index is 0.00000172. The number of aromatic hydroxyl groups is 1. The van der Waals surface area contributed by atoms with Gasteiger partial charge in [0.1, 0.15) is 0 Å². The number of rotatable bonds is 8. The molecule has 1 amide bonds. The number of hydrogen-bond acceptors (Lipinski definition) is 10. The number of ether oxygens (including phenoxy) is 5. The minimum absolute atomic E-state index is 0.0760. The molecule has 1 saturated heterocycles. The van der Waals surface area contributed by atoms with E-state index in [1.165, 1.54) is 14.2 Å². The van der Waals surface area contributed by atoms with Crippen LogP contribution >= 0.6 is 9.42 Å². The number of hydrogen-bond donors (Lipinski definition) is 4. The molecule has 2 aliphatic heterocycles. The first-order valence-electron chi connectivity index (χ1n) is 12.3. The predicted octanol–water partition coefficient (Wildman–Crippen LogP) is 1.98. The molecule has 0 radical (unpaired) electrons. The maximum absolute atomic E-state index is 13.2. The van der Waals surface area contributed by atoms with E-state index in [-0.39, 0.29) is 67.5 Å². The summed E-state index contributed by atoms with van der Waals surface area (Å²) >= 11 is 1.61. The Morgan fingerprint density at radius 2 is 1.74 bits per heavy atom. The standard InChI is InChI=1S/C26H31N3O8.ClH.Pt/c1-33-19-5-12(6-20(34-2)25(19)31)22-14-7-17-18(37-11-36-17)8-15(14)24(16-10-35-26(32)23(16)22)29-21(30)4-3-13(28)9-27;;/h5-8,13,16,22-24,31H,3-4,9-11,27-28H2,1-2H3,(H,29,30);1H;/q;;+1/p-1/t13-,16+,22-,23-,24-;;/m1../s1. The van der Waals surface area contributed by atoms with Crippen molar-refractivity contribution in [3.05, 3.63) is 41.0 Å². The van der Waals surface area contributed by atoms with Crippen LogP contribution in [-0.4, -0.2) is 57.2 Å². The molecular formula is C26H31ClN3O8Pt. The van der Waals surface area contributed by atoms with Crippen molar-refractivity contribution in [1.82, 2.24) is 5.32 Å². The van der Waals surface area contributed by atoms with Crippen LogP contribution in [0.1, 0.15) is 41.5 Å². The molecule has 3 aliphatic rings. The van der Waals surface area contributed by atoms with Gasteiger partial charge in [0.2, 0.25) is 18.4 Å². The average Bonchev–Trinajstić information content (AvgIpc) is 3.58. The second-order valence-corrected chi connectivity index (χ2v) is 9.49. The van der Waals surface area contributed by atoms with Gasteiger partial charge < -0.3 is 45.6 Å². The van der Waals surface area contributed by atoms with Gasteiger partial charge in [-0.3, -0.25) is 9.59 Å². The average molecular weight is 744 g/mol. The fourth-order valence-electron chi connectivity index (χ4n) is 5.52. The van der Waals surface area contributed by atoms with Crippen LogP contribution in [0, 0.1) is 11.8 Å². The van der Waals surface area contributed by atoms with Crippen LogP contribution < -0.4 is 35.7 Å². The molecule has 5 atom stereocenters. The van der Waals surface area contributed by atoms with Crippen LogP contribution in [0.3, 0.4) is 0 Å². The molecule has 2 aromatic carbocycles. The zero-order valence-corrected chi connectivity index (χ0v) is 24.4. The minimum atomic E-state index is -0.608. The maximum atomic E-state index is 13.2. The summed E-state index contributed by atoms with van der Waals surface area (Å²) in [6.45, 7) is 0.511.